The molecule has 0 atom stereocenters. The first kappa shape index (κ1) is 19.3. The fourth-order valence-electron chi connectivity index (χ4n) is 2.93. The lowest BCUT2D eigenvalue weighted by molar-refractivity contribution is 0.0955. The number of aromatic nitrogens is 3. The predicted molar refractivity (Wildman–Crippen MR) is 113 cm³/mol. The van der Waals surface area contributed by atoms with E-state index in [0.717, 1.165) is 4.57 Å². The number of nitrogens with zero attached hydrogens (tertiary/aromatic N) is 4. The number of rotatable bonds is 4. The maximum Gasteiger partial charge on any atom is 0.271 e. The minimum atomic E-state index is -0.448. The van der Waals surface area contributed by atoms with Gasteiger partial charge in [-0.05, 0) is 30.3 Å². The first-order chi connectivity index (χ1) is 14.6. The second-order valence-corrected chi connectivity index (χ2v) is 6.63. The number of carbonyl (C=O) groups is 1. The zero-order chi connectivity index (χ0) is 21.1. The number of halogens is 1. The van der Waals surface area contributed by atoms with Gasteiger partial charge in [-0.25, -0.2) is 15.0 Å². The van der Waals surface area contributed by atoms with Crippen molar-refractivity contribution in [3.05, 3.63) is 93.6 Å². The van der Waals surface area contributed by atoms with Crippen molar-refractivity contribution in [2.45, 2.75) is 0 Å². The van der Waals surface area contributed by atoms with Crippen molar-refractivity contribution in [2.75, 3.05) is 0 Å². The van der Waals surface area contributed by atoms with Crippen molar-refractivity contribution in [1.29, 1.82) is 0 Å². The molecule has 4 rings (SSSR count). The number of benzene rings is 1. The highest BCUT2D eigenvalue weighted by atomic mass is 35.5. The molecule has 0 unspecified atom stereocenters. The van der Waals surface area contributed by atoms with E-state index in [9.17, 15) is 14.7 Å². The van der Waals surface area contributed by atoms with Crippen LogP contribution in [0.4, 0.5) is 0 Å². The van der Waals surface area contributed by atoms with Gasteiger partial charge in [0.2, 0.25) is 5.88 Å². The summed E-state index contributed by atoms with van der Waals surface area (Å²) in [6, 6.07) is 12.9. The van der Waals surface area contributed by atoms with Crippen molar-refractivity contribution in [2.24, 2.45) is 5.10 Å². The van der Waals surface area contributed by atoms with Gasteiger partial charge in [-0.15, -0.1) is 0 Å². The van der Waals surface area contributed by atoms with Crippen LogP contribution in [0.1, 0.15) is 15.9 Å². The monoisotopic (exact) mass is 419 g/mol. The SMILES string of the molecule is O=C(NN=Cc1c(O)n(-c2ccc(Cl)cn2)c(=O)c2ccccc12)c1ccncc1. The third-order valence-corrected chi connectivity index (χ3v) is 4.57. The van der Waals surface area contributed by atoms with Gasteiger partial charge < -0.3 is 5.11 Å². The van der Waals surface area contributed by atoms with Crippen molar-refractivity contribution in [3.63, 3.8) is 0 Å². The van der Waals surface area contributed by atoms with E-state index in [1.165, 1.54) is 30.9 Å². The number of carbonyl (C=O) groups excluding carboxylic acids is 1. The lowest BCUT2D eigenvalue weighted by Crippen LogP contribution is -2.21. The molecule has 3 aromatic heterocycles. The minimum absolute atomic E-state index is 0.197. The highest BCUT2D eigenvalue weighted by Crippen LogP contribution is 2.25. The fourth-order valence-corrected chi connectivity index (χ4v) is 3.04. The Hall–Kier alpha value is -4.04. The van der Waals surface area contributed by atoms with E-state index in [0.29, 0.717) is 21.4 Å². The zero-order valence-corrected chi connectivity index (χ0v) is 16.1. The summed E-state index contributed by atoms with van der Waals surface area (Å²) in [7, 11) is 0. The molecular formula is C21H14ClN5O3. The molecule has 0 aliphatic heterocycles. The van der Waals surface area contributed by atoms with Crippen LogP contribution < -0.4 is 11.0 Å². The Morgan fingerprint density at radius 3 is 2.53 bits per heavy atom. The predicted octanol–water partition coefficient (Wildman–Crippen LogP) is 2.90. The van der Waals surface area contributed by atoms with Crippen LogP contribution in [-0.2, 0) is 0 Å². The van der Waals surface area contributed by atoms with E-state index in [1.54, 1.807) is 42.5 Å². The molecule has 0 saturated heterocycles. The highest BCUT2D eigenvalue weighted by Gasteiger charge is 2.17. The van der Waals surface area contributed by atoms with Crippen LogP contribution in [0.25, 0.3) is 16.6 Å². The van der Waals surface area contributed by atoms with Crippen molar-refractivity contribution in [3.8, 4) is 11.7 Å². The second kappa shape index (κ2) is 8.14. The third kappa shape index (κ3) is 3.63. The van der Waals surface area contributed by atoms with Crippen LogP contribution in [0.15, 0.2) is 77.0 Å². The summed E-state index contributed by atoms with van der Waals surface area (Å²) in [6.45, 7) is 0. The van der Waals surface area contributed by atoms with Gasteiger partial charge in [-0.2, -0.15) is 5.10 Å². The Bertz CT molecular complexity index is 1320. The van der Waals surface area contributed by atoms with Crippen LogP contribution in [0.2, 0.25) is 5.02 Å². The Morgan fingerprint density at radius 1 is 1.10 bits per heavy atom. The summed E-state index contributed by atoms with van der Waals surface area (Å²) < 4.78 is 1.06. The normalized spacial score (nSPS) is 11.1. The Kier molecular flexibility index (Phi) is 5.23. The van der Waals surface area contributed by atoms with E-state index in [4.69, 9.17) is 11.6 Å². The quantitative estimate of drug-likeness (QED) is 0.390. The van der Waals surface area contributed by atoms with E-state index in [-0.39, 0.29) is 17.3 Å². The topological polar surface area (TPSA) is 109 Å². The third-order valence-electron chi connectivity index (χ3n) is 4.35. The summed E-state index contributed by atoms with van der Waals surface area (Å²) >= 11 is 5.88. The molecule has 30 heavy (non-hydrogen) atoms. The first-order valence-corrected chi connectivity index (χ1v) is 9.16. The molecule has 0 bridgehead atoms. The van der Waals surface area contributed by atoms with Crippen molar-refractivity contribution < 1.29 is 9.90 Å². The summed E-state index contributed by atoms with van der Waals surface area (Å²) in [4.78, 5) is 33.1. The fraction of sp³-hybridized carbons (Fsp3) is 0. The van der Waals surface area contributed by atoms with Crippen LogP contribution in [0.3, 0.4) is 0 Å². The van der Waals surface area contributed by atoms with E-state index in [2.05, 4.69) is 20.5 Å². The molecule has 4 aromatic rings. The Balaban J connectivity index is 1.80. The molecule has 0 spiro atoms. The lowest BCUT2D eigenvalue weighted by atomic mass is 10.1. The Morgan fingerprint density at radius 2 is 1.83 bits per heavy atom. The molecule has 148 valence electrons. The molecule has 0 saturated carbocycles. The average Bonchev–Trinajstić information content (AvgIpc) is 2.78. The summed E-state index contributed by atoms with van der Waals surface area (Å²) in [5.41, 5.74) is 2.57. The number of aromatic hydroxyl groups is 1. The average molecular weight is 420 g/mol. The zero-order valence-electron chi connectivity index (χ0n) is 15.4. The van der Waals surface area contributed by atoms with Gasteiger partial charge in [0.25, 0.3) is 11.5 Å². The van der Waals surface area contributed by atoms with Gasteiger partial charge >= 0.3 is 0 Å². The molecule has 8 nitrogen and oxygen atoms in total. The lowest BCUT2D eigenvalue weighted by Gasteiger charge is -2.12. The van der Waals surface area contributed by atoms with Gasteiger partial charge in [-0.3, -0.25) is 14.6 Å². The smallest absolute Gasteiger partial charge is 0.271 e. The molecule has 1 amide bonds. The van der Waals surface area contributed by atoms with E-state index >= 15 is 0 Å². The molecule has 0 aliphatic rings. The number of hydrazone groups is 1. The highest BCUT2D eigenvalue weighted by molar-refractivity contribution is 6.30. The number of nitrogens with one attached hydrogen (secondary N) is 1. The van der Waals surface area contributed by atoms with Crippen molar-refractivity contribution >= 4 is 34.5 Å². The number of amides is 1. The Labute approximate surface area is 175 Å². The first-order valence-electron chi connectivity index (χ1n) is 8.78. The van der Waals surface area contributed by atoms with Gasteiger partial charge in [-0.1, -0.05) is 29.8 Å². The van der Waals surface area contributed by atoms with Crippen LogP contribution in [-0.4, -0.2) is 31.8 Å². The minimum Gasteiger partial charge on any atom is -0.494 e. The summed E-state index contributed by atoms with van der Waals surface area (Å²) in [5, 5.41) is 16.0. The van der Waals surface area contributed by atoms with Crippen LogP contribution >= 0.6 is 11.6 Å². The molecule has 9 heteroatoms. The van der Waals surface area contributed by atoms with Crippen LogP contribution in [0.5, 0.6) is 5.88 Å². The standard InChI is InChI=1S/C21H14ClN5O3/c22-14-5-6-18(24-11-14)27-20(29)16-4-2-1-3-15(16)17(21(27)30)12-25-26-19(28)13-7-9-23-10-8-13/h1-12,30H,(H,26,28). The summed E-state index contributed by atoms with van der Waals surface area (Å²) in [5.74, 6) is -0.608. The molecule has 2 N–H and O–H groups in total. The second-order valence-electron chi connectivity index (χ2n) is 6.19. The van der Waals surface area contributed by atoms with E-state index < -0.39 is 11.5 Å². The van der Waals surface area contributed by atoms with Gasteiger partial charge in [0, 0.05) is 34.9 Å². The molecular weight excluding hydrogens is 406 g/mol. The number of hydrogen-bond donors (Lipinski definition) is 2. The maximum atomic E-state index is 13.0. The van der Waals surface area contributed by atoms with Crippen LogP contribution in [0, 0.1) is 0 Å². The molecule has 0 aliphatic carbocycles. The molecule has 3 heterocycles. The van der Waals surface area contributed by atoms with Crippen molar-refractivity contribution in [1.82, 2.24) is 20.0 Å². The van der Waals surface area contributed by atoms with Gasteiger partial charge in [0.05, 0.1) is 16.8 Å². The van der Waals surface area contributed by atoms with Gasteiger partial charge in [0.1, 0.15) is 5.82 Å². The van der Waals surface area contributed by atoms with Gasteiger partial charge in [0.15, 0.2) is 0 Å². The number of fused-ring (bicyclic) bond motifs is 1. The largest absolute Gasteiger partial charge is 0.494 e. The maximum absolute atomic E-state index is 13.0. The summed E-state index contributed by atoms with van der Waals surface area (Å²) in [6.07, 6.45) is 5.64. The number of hydrogen-bond acceptors (Lipinski definition) is 6. The van der Waals surface area contributed by atoms with E-state index in [1.807, 2.05) is 0 Å². The number of pyridine rings is 3. The molecule has 1 aromatic carbocycles. The molecule has 0 fully saturated rings. The molecule has 0 radical (unpaired) electrons.